The second-order valence-corrected chi connectivity index (χ2v) is 7.79. The molecule has 32 heavy (non-hydrogen) atoms. The van der Waals surface area contributed by atoms with Crippen LogP contribution in [0.4, 0.5) is 0 Å². The number of carboxylic acid groups (broad SMARTS) is 1. The Bertz CT molecular complexity index is 861. The molecule has 0 aliphatic carbocycles. The van der Waals surface area contributed by atoms with Gasteiger partial charge in [0.05, 0.1) is 12.5 Å². The van der Waals surface area contributed by atoms with Crippen molar-refractivity contribution in [1.29, 1.82) is 0 Å². The molecular weight excluding hydrogens is 418 g/mol. The lowest BCUT2D eigenvalue weighted by molar-refractivity contribution is -0.149. The van der Waals surface area contributed by atoms with E-state index in [1.165, 1.54) is 11.8 Å². The quantitative estimate of drug-likeness (QED) is 0.289. The maximum Gasteiger partial charge on any atom is 0.326 e. The Labute approximate surface area is 185 Å². The minimum atomic E-state index is -1.22. The molecule has 1 aliphatic heterocycles. The number of hydrogen-bond acceptors (Lipinski definition) is 6. The fourth-order valence-corrected chi connectivity index (χ4v) is 3.56. The second-order valence-electron chi connectivity index (χ2n) is 7.79. The van der Waals surface area contributed by atoms with Gasteiger partial charge in [0.25, 0.3) is 0 Å². The normalized spacial score (nSPS) is 18.3. The van der Waals surface area contributed by atoms with E-state index < -0.39 is 53.8 Å². The van der Waals surface area contributed by atoms with Crippen LogP contribution in [0.2, 0.25) is 0 Å². The summed E-state index contributed by atoms with van der Waals surface area (Å²) in [6, 6.07) is 4.66. The zero-order chi connectivity index (χ0) is 23.8. The first-order valence-corrected chi connectivity index (χ1v) is 10.3. The van der Waals surface area contributed by atoms with Gasteiger partial charge in [-0.05, 0) is 25.3 Å². The van der Waals surface area contributed by atoms with Crippen molar-refractivity contribution in [2.24, 2.45) is 11.5 Å². The molecule has 1 aliphatic rings. The molecular formula is C21H29N5O6. The maximum atomic E-state index is 12.9. The number of hydrogen-bond donors (Lipinski definition) is 5. The Morgan fingerprint density at radius 1 is 1.12 bits per heavy atom. The Morgan fingerprint density at radius 2 is 1.78 bits per heavy atom. The molecule has 7 N–H and O–H groups in total. The summed E-state index contributed by atoms with van der Waals surface area (Å²) in [5.41, 5.74) is 11.5. The topological polar surface area (TPSA) is 185 Å². The van der Waals surface area contributed by atoms with Crippen molar-refractivity contribution in [3.8, 4) is 0 Å². The predicted octanol–water partition coefficient (Wildman–Crippen LogP) is -1.50. The summed E-state index contributed by atoms with van der Waals surface area (Å²) in [4.78, 5) is 61.7. The van der Waals surface area contributed by atoms with Crippen LogP contribution in [0.3, 0.4) is 0 Å². The SMILES string of the molecule is CC(NC(=O)C(Cc1ccccc1)NC(=O)C(N)CC(N)=O)C(=O)N1CCCC1C(=O)O. The zero-order valence-electron chi connectivity index (χ0n) is 17.8. The number of benzene rings is 1. The molecule has 0 bridgehead atoms. The van der Waals surface area contributed by atoms with E-state index in [9.17, 15) is 29.1 Å². The number of carbonyl (C=O) groups excluding carboxylic acids is 4. The van der Waals surface area contributed by atoms with Crippen LogP contribution in [0.15, 0.2) is 30.3 Å². The predicted molar refractivity (Wildman–Crippen MR) is 114 cm³/mol. The maximum absolute atomic E-state index is 12.9. The fraction of sp³-hybridized carbons (Fsp3) is 0.476. The van der Waals surface area contributed by atoms with E-state index in [-0.39, 0.29) is 12.8 Å². The van der Waals surface area contributed by atoms with Gasteiger partial charge in [0, 0.05) is 13.0 Å². The number of carbonyl (C=O) groups is 5. The van der Waals surface area contributed by atoms with E-state index >= 15 is 0 Å². The average Bonchev–Trinajstić information content (AvgIpc) is 3.23. The largest absolute Gasteiger partial charge is 0.480 e. The van der Waals surface area contributed by atoms with Gasteiger partial charge in [-0.25, -0.2) is 4.79 Å². The van der Waals surface area contributed by atoms with Crippen LogP contribution in [0, 0.1) is 0 Å². The molecule has 1 aromatic rings. The molecule has 2 rings (SSSR count). The minimum absolute atomic E-state index is 0.115. The Morgan fingerprint density at radius 3 is 2.38 bits per heavy atom. The number of likely N-dealkylation sites (tertiary alicyclic amines) is 1. The number of aliphatic carboxylic acids is 1. The summed E-state index contributed by atoms with van der Waals surface area (Å²) >= 11 is 0. The van der Waals surface area contributed by atoms with Crippen molar-refractivity contribution in [3.63, 3.8) is 0 Å². The molecule has 4 amide bonds. The lowest BCUT2D eigenvalue weighted by Gasteiger charge is -2.27. The highest BCUT2D eigenvalue weighted by molar-refractivity contribution is 5.95. The van der Waals surface area contributed by atoms with Crippen molar-refractivity contribution in [2.75, 3.05) is 6.54 Å². The number of amides is 4. The fourth-order valence-electron chi connectivity index (χ4n) is 3.56. The highest BCUT2D eigenvalue weighted by Crippen LogP contribution is 2.18. The highest BCUT2D eigenvalue weighted by atomic mass is 16.4. The molecule has 1 fully saturated rings. The van der Waals surface area contributed by atoms with Gasteiger partial charge in [-0.3, -0.25) is 19.2 Å². The Hall–Kier alpha value is -3.47. The van der Waals surface area contributed by atoms with Crippen LogP contribution in [-0.4, -0.2) is 70.3 Å². The van der Waals surface area contributed by atoms with Crippen LogP contribution in [0.5, 0.6) is 0 Å². The summed E-state index contributed by atoms with van der Waals surface area (Å²) in [6.45, 7) is 1.75. The van der Waals surface area contributed by atoms with E-state index in [2.05, 4.69) is 10.6 Å². The van der Waals surface area contributed by atoms with Gasteiger partial charge in [0.2, 0.25) is 23.6 Å². The summed E-state index contributed by atoms with van der Waals surface area (Å²) in [6.07, 6.45) is 0.649. The third kappa shape index (κ3) is 6.77. The van der Waals surface area contributed by atoms with Gasteiger partial charge >= 0.3 is 5.97 Å². The molecule has 11 heteroatoms. The molecule has 0 radical (unpaired) electrons. The second kappa shape index (κ2) is 11.2. The lowest BCUT2D eigenvalue weighted by atomic mass is 10.0. The van der Waals surface area contributed by atoms with Crippen LogP contribution in [-0.2, 0) is 30.4 Å². The van der Waals surface area contributed by atoms with E-state index in [1.54, 1.807) is 30.3 Å². The number of rotatable bonds is 10. The van der Waals surface area contributed by atoms with Crippen LogP contribution >= 0.6 is 0 Å². The van der Waals surface area contributed by atoms with Crippen molar-refractivity contribution in [1.82, 2.24) is 15.5 Å². The first-order chi connectivity index (χ1) is 15.1. The van der Waals surface area contributed by atoms with Crippen LogP contribution in [0.1, 0.15) is 31.7 Å². The molecule has 174 valence electrons. The molecule has 11 nitrogen and oxygen atoms in total. The number of nitrogens with one attached hydrogen (secondary N) is 2. The average molecular weight is 447 g/mol. The van der Waals surface area contributed by atoms with Crippen molar-refractivity contribution >= 4 is 29.6 Å². The minimum Gasteiger partial charge on any atom is -0.480 e. The number of primary amides is 1. The van der Waals surface area contributed by atoms with Gasteiger partial charge in [-0.2, -0.15) is 0 Å². The Kier molecular flexibility index (Phi) is 8.71. The number of nitrogens with zero attached hydrogens (tertiary/aromatic N) is 1. The van der Waals surface area contributed by atoms with Gasteiger partial charge in [-0.1, -0.05) is 30.3 Å². The standard InChI is InChI=1S/C21H29N5O6/c1-12(20(30)26-9-5-8-16(26)21(31)32)24-19(29)15(10-13-6-3-2-4-7-13)25-18(28)14(22)11-17(23)27/h2-4,6-7,12,14-16H,5,8-11,22H2,1H3,(H2,23,27)(H,24,29)(H,25,28)(H,31,32). The number of nitrogens with two attached hydrogens (primary N) is 2. The molecule has 4 atom stereocenters. The first kappa shape index (κ1) is 24.8. The van der Waals surface area contributed by atoms with Gasteiger partial charge in [0.15, 0.2) is 0 Å². The highest BCUT2D eigenvalue weighted by Gasteiger charge is 2.37. The smallest absolute Gasteiger partial charge is 0.326 e. The summed E-state index contributed by atoms with van der Waals surface area (Å²) in [7, 11) is 0. The molecule has 0 aromatic heterocycles. The van der Waals surface area contributed by atoms with Crippen molar-refractivity contribution in [3.05, 3.63) is 35.9 Å². The molecule has 4 unspecified atom stereocenters. The lowest BCUT2D eigenvalue weighted by Crippen LogP contribution is -2.57. The van der Waals surface area contributed by atoms with E-state index in [4.69, 9.17) is 11.5 Å². The van der Waals surface area contributed by atoms with Crippen molar-refractivity contribution < 1.29 is 29.1 Å². The van der Waals surface area contributed by atoms with Crippen molar-refractivity contribution in [2.45, 2.75) is 56.8 Å². The summed E-state index contributed by atoms with van der Waals surface area (Å²) < 4.78 is 0. The molecule has 1 saturated heterocycles. The monoisotopic (exact) mass is 447 g/mol. The molecule has 1 heterocycles. The Balaban J connectivity index is 2.10. The van der Waals surface area contributed by atoms with Gasteiger partial charge in [-0.15, -0.1) is 0 Å². The number of carboxylic acids is 1. The summed E-state index contributed by atoms with van der Waals surface area (Å²) in [5, 5.41) is 14.3. The zero-order valence-corrected chi connectivity index (χ0v) is 17.8. The molecule has 0 spiro atoms. The summed E-state index contributed by atoms with van der Waals surface area (Å²) in [5.74, 6) is -3.73. The van der Waals surface area contributed by atoms with Gasteiger partial charge in [0.1, 0.15) is 18.1 Å². The first-order valence-electron chi connectivity index (χ1n) is 10.3. The van der Waals surface area contributed by atoms with Crippen LogP contribution in [0.25, 0.3) is 0 Å². The van der Waals surface area contributed by atoms with E-state index in [0.29, 0.717) is 19.4 Å². The van der Waals surface area contributed by atoms with Crippen LogP contribution < -0.4 is 22.1 Å². The molecule has 0 saturated carbocycles. The van der Waals surface area contributed by atoms with E-state index in [1.807, 2.05) is 0 Å². The molecule has 1 aromatic carbocycles. The van der Waals surface area contributed by atoms with Gasteiger partial charge < -0.3 is 32.1 Å². The van der Waals surface area contributed by atoms with E-state index in [0.717, 1.165) is 5.56 Å². The third-order valence-corrected chi connectivity index (χ3v) is 5.22. The third-order valence-electron chi connectivity index (χ3n) is 5.22.